The first kappa shape index (κ1) is 20.1. The molecule has 0 spiro atoms. The number of aryl methyl sites for hydroxylation is 1. The molecule has 2 radical (unpaired) electrons. The Morgan fingerprint density at radius 2 is 1.88 bits per heavy atom. The first-order chi connectivity index (χ1) is 15.3. The number of aromatic nitrogens is 5. The van der Waals surface area contributed by atoms with Crippen LogP contribution in [0.3, 0.4) is 0 Å². The second kappa shape index (κ2) is 7.13. The molecule has 0 aliphatic carbocycles. The van der Waals surface area contributed by atoms with E-state index in [1.54, 1.807) is 30.9 Å². The van der Waals surface area contributed by atoms with Crippen molar-refractivity contribution in [1.29, 1.82) is 0 Å². The van der Waals surface area contributed by atoms with Gasteiger partial charge in [0, 0.05) is 38.2 Å². The Balaban J connectivity index is 1.55. The van der Waals surface area contributed by atoms with Crippen LogP contribution in [0.25, 0.3) is 33.5 Å². The number of hydrogen-bond acceptors (Lipinski definition) is 7. The number of hydrogen-bond donors (Lipinski definition) is 2. The highest BCUT2D eigenvalue weighted by Gasteiger charge is 2.47. The van der Waals surface area contributed by atoms with E-state index in [4.69, 9.17) is 13.6 Å². The number of fused-ring (bicyclic) bond motifs is 1. The number of nitrogens with two attached hydrogens (primary N) is 1. The third-order valence-electron chi connectivity index (χ3n) is 5.85. The average molecular weight is 425 g/mol. The first-order valence-corrected chi connectivity index (χ1v) is 10.1. The van der Waals surface area contributed by atoms with Crippen molar-refractivity contribution < 1.29 is 9.90 Å². The summed E-state index contributed by atoms with van der Waals surface area (Å²) in [6.45, 7) is 0.489. The first-order valence-electron chi connectivity index (χ1n) is 10.1. The summed E-state index contributed by atoms with van der Waals surface area (Å²) in [4.78, 5) is 26.8. The lowest BCUT2D eigenvalue weighted by Gasteiger charge is -2.17. The van der Waals surface area contributed by atoms with Gasteiger partial charge in [-0.3, -0.25) is 9.48 Å². The Labute approximate surface area is 185 Å². The highest BCUT2D eigenvalue weighted by Crippen LogP contribution is 2.34. The van der Waals surface area contributed by atoms with Crippen molar-refractivity contribution in [3.8, 4) is 22.5 Å². The SMILES string of the molecule is [B]c1nc(N)c2nc(-c3cccc(-c4cc(C5(O)CCN(C)C5=O)nn4C)c3)ccc2n1. The van der Waals surface area contributed by atoms with Gasteiger partial charge in [0.25, 0.3) is 5.91 Å². The van der Waals surface area contributed by atoms with Gasteiger partial charge >= 0.3 is 0 Å². The van der Waals surface area contributed by atoms with Crippen molar-refractivity contribution >= 4 is 36.3 Å². The number of rotatable bonds is 3. The standard InChI is InChI=1S/C22H20BN7O2/c1-29-9-8-22(32,20(29)31)17-11-16(30(2)28-17)13-5-3-4-12(10-13)14-6-7-15-18(25-14)19(24)27-21(23)26-15/h3-7,10-11,32H,8-9H2,1-2H3,(H2,24,26,27). The second-order valence-corrected chi connectivity index (χ2v) is 7.99. The van der Waals surface area contributed by atoms with Crippen molar-refractivity contribution in [3.63, 3.8) is 0 Å². The van der Waals surface area contributed by atoms with E-state index in [0.29, 0.717) is 35.4 Å². The molecule has 9 nitrogen and oxygen atoms in total. The molecule has 158 valence electrons. The van der Waals surface area contributed by atoms with E-state index in [1.165, 1.54) is 4.90 Å². The predicted molar refractivity (Wildman–Crippen MR) is 121 cm³/mol. The minimum Gasteiger partial charge on any atom is -0.382 e. The molecule has 10 heteroatoms. The fourth-order valence-corrected chi connectivity index (χ4v) is 4.08. The minimum absolute atomic E-state index is 0.104. The second-order valence-electron chi connectivity index (χ2n) is 7.99. The average Bonchev–Trinajstić information content (AvgIpc) is 3.30. The molecule has 4 aromatic rings. The van der Waals surface area contributed by atoms with Crippen LogP contribution in [-0.4, -0.2) is 62.1 Å². The Hall–Kier alpha value is -3.79. The van der Waals surface area contributed by atoms with Gasteiger partial charge in [0.2, 0.25) is 0 Å². The molecule has 1 aromatic carbocycles. The summed E-state index contributed by atoms with van der Waals surface area (Å²) in [5.74, 6) is -0.113. The van der Waals surface area contributed by atoms with Crippen LogP contribution in [-0.2, 0) is 17.4 Å². The molecule has 1 aliphatic heterocycles. The molecule has 1 amide bonds. The number of amides is 1. The maximum Gasteiger partial charge on any atom is 0.260 e. The van der Waals surface area contributed by atoms with Crippen molar-refractivity contribution in [3.05, 3.63) is 48.2 Å². The van der Waals surface area contributed by atoms with Gasteiger partial charge < -0.3 is 15.7 Å². The number of anilines is 1. The maximum absolute atomic E-state index is 12.5. The third-order valence-corrected chi connectivity index (χ3v) is 5.85. The fraction of sp³-hybridized carbons (Fsp3) is 0.227. The molecule has 0 saturated carbocycles. The molecule has 3 N–H and O–H groups in total. The Morgan fingerprint density at radius 3 is 2.62 bits per heavy atom. The quantitative estimate of drug-likeness (QED) is 0.459. The molecule has 1 atom stereocenters. The molecule has 1 unspecified atom stereocenters. The van der Waals surface area contributed by atoms with E-state index in [0.717, 1.165) is 16.8 Å². The summed E-state index contributed by atoms with van der Waals surface area (Å²) in [5.41, 5.74) is 9.10. The minimum atomic E-state index is -1.60. The van der Waals surface area contributed by atoms with Crippen LogP contribution in [0, 0.1) is 0 Å². The van der Waals surface area contributed by atoms with Crippen LogP contribution in [0.2, 0.25) is 0 Å². The third kappa shape index (κ3) is 3.11. The number of aliphatic hydroxyl groups is 1. The summed E-state index contributed by atoms with van der Waals surface area (Å²) < 4.78 is 1.67. The molecular formula is C22H20BN7O2. The Morgan fingerprint density at radius 1 is 1.09 bits per heavy atom. The van der Waals surface area contributed by atoms with Gasteiger partial charge in [-0.2, -0.15) is 5.10 Å². The topological polar surface area (TPSA) is 123 Å². The van der Waals surface area contributed by atoms with E-state index < -0.39 is 5.60 Å². The van der Waals surface area contributed by atoms with E-state index in [2.05, 4.69) is 20.1 Å². The fourth-order valence-electron chi connectivity index (χ4n) is 4.08. The van der Waals surface area contributed by atoms with Gasteiger partial charge in [0.1, 0.15) is 11.2 Å². The van der Waals surface area contributed by atoms with Crippen LogP contribution in [0.4, 0.5) is 5.82 Å². The van der Waals surface area contributed by atoms with Crippen LogP contribution >= 0.6 is 0 Å². The van der Waals surface area contributed by atoms with Crippen LogP contribution < -0.4 is 11.5 Å². The summed E-state index contributed by atoms with van der Waals surface area (Å²) in [6.07, 6.45) is 0.313. The van der Waals surface area contributed by atoms with Crippen molar-refractivity contribution in [2.75, 3.05) is 19.3 Å². The number of nitrogen functional groups attached to an aromatic ring is 1. The number of benzene rings is 1. The largest absolute Gasteiger partial charge is 0.382 e. The number of carbonyl (C=O) groups is 1. The van der Waals surface area contributed by atoms with Crippen molar-refractivity contribution in [1.82, 2.24) is 29.6 Å². The molecule has 1 aliphatic rings. The van der Waals surface area contributed by atoms with Gasteiger partial charge in [-0.05, 0) is 24.3 Å². The molecule has 32 heavy (non-hydrogen) atoms. The molecule has 4 heterocycles. The maximum atomic E-state index is 12.5. The molecule has 5 rings (SSSR count). The normalized spacial score (nSPS) is 18.6. The summed E-state index contributed by atoms with van der Waals surface area (Å²) >= 11 is 0. The van der Waals surface area contributed by atoms with Gasteiger partial charge in [0.05, 0.1) is 22.6 Å². The highest BCUT2D eigenvalue weighted by atomic mass is 16.3. The number of likely N-dealkylation sites (N-methyl/N-ethyl adjacent to an activating group) is 1. The molecule has 1 fully saturated rings. The summed E-state index contributed by atoms with van der Waals surface area (Å²) in [6, 6.07) is 13.2. The smallest absolute Gasteiger partial charge is 0.260 e. The lowest BCUT2D eigenvalue weighted by molar-refractivity contribution is -0.143. The lowest BCUT2D eigenvalue weighted by atomic mass is 9.97. The molecule has 0 bridgehead atoms. The monoisotopic (exact) mass is 425 g/mol. The van der Waals surface area contributed by atoms with E-state index in [1.807, 2.05) is 30.3 Å². The Kier molecular flexibility index (Phi) is 4.49. The zero-order chi connectivity index (χ0) is 22.6. The van der Waals surface area contributed by atoms with Gasteiger partial charge in [-0.15, -0.1) is 0 Å². The van der Waals surface area contributed by atoms with Gasteiger partial charge in [-0.1, -0.05) is 18.2 Å². The van der Waals surface area contributed by atoms with E-state index >= 15 is 0 Å². The van der Waals surface area contributed by atoms with Gasteiger partial charge in [-0.25, -0.2) is 15.0 Å². The summed E-state index contributed by atoms with van der Waals surface area (Å²) in [5, 5.41) is 15.4. The number of likely N-dealkylation sites (tertiary alicyclic amines) is 1. The van der Waals surface area contributed by atoms with Crippen molar-refractivity contribution in [2.24, 2.45) is 7.05 Å². The zero-order valence-corrected chi connectivity index (χ0v) is 17.6. The van der Waals surface area contributed by atoms with Crippen LogP contribution in [0.1, 0.15) is 12.1 Å². The number of pyridine rings is 1. The molecule has 1 saturated heterocycles. The number of nitrogens with zero attached hydrogens (tertiary/aromatic N) is 6. The van der Waals surface area contributed by atoms with Crippen LogP contribution in [0.15, 0.2) is 42.5 Å². The van der Waals surface area contributed by atoms with Crippen LogP contribution in [0.5, 0.6) is 0 Å². The van der Waals surface area contributed by atoms with Gasteiger partial charge in [0.15, 0.2) is 19.3 Å². The van der Waals surface area contributed by atoms with E-state index in [9.17, 15) is 9.90 Å². The van der Waals surface area contributed by atoms with E-state index in [-0.39, 0.29) is 17.4 Å². The molecule has 3 aromatic heterocycles. The Bertz CT molecular complexity index is 1390. The summed E-state index contributed by atoms with van der Waals surface area (Å²) in [7, 11) is 9.13. The van der Waals surface area contributed by atoms with Crippen molar-refractivity contribution in [2.45, 2.75) is 12.0 Å². The lowest BCUT2D eigenvalue weighted by Crippen LogP contribution is -2.36. The molecular weight excluding hydrogens is 405 g/mol. The highest BCUT2D eigenvalue weighted by molar-refractivity contribution is 6.29. The predicted octanol–water partition coefficient (Wildman–Crippen LogP) is 0.518. The number of carbonyl (C=O) groups excluding carboxylic acids is 1. The zero-order valence-electron chi connectivity index (χ0n) is 17.6.